The van der Waals surface area contributed by atoms with E-state index in [1.807, 2.05) is 0 Å². The molecule has 0 aliphatic heterocycles. The molecule has 0 saturated heterocycles. The first kappa shape index (κ1) is 13.7. The Kier molecular flexibility index (Phi) is 3.80. The van der Waals surface area contributed by atoms with Crippen LogP contribution in [0.25, 0.3) is 0 Å². The van der Waals surface area contributed by atoms with Crippen molar-refractivity contribution in [3.05, 3.63) is 16.4 Å². The van der Waals surface area contributed by atoms with Gasteiger partial charge in [-0.25, -0.2) is 9.97 Å². The first-order valence-corrected chi connectivity index (χ1v) is 5.93. The van der Waals surface area contributed by atoms with E-state index >= 15 is 0 Å². The molecule has 0 bridgehead atoms. The SMILES string of the molecule is CC(C)(C)CC(C)(C)c1nc(Cl)nc(Cl)n1. The Morgan fingerprint density at radius 2 is 1.31 bits per heavy atom. The number of rotatable bonds is 2. The van der Waals surface area contributed by atoms with E-state index in [9.17, 15) is 0 Å². The van der Waals surface area contributed by atoms with Crippen LogP contribution in [0.3, 0.4) is 0 Å². The smallest absolute Gasteiger partial charge is 0.202 e. The van der Waals surface area contributed by atoms with Gasteiger partial charge >= 0.3 is 0 Å². The number of aromatic nitrogens is 3. The molecular formula is C11H17Cl2N3. The largest absolute Gasteiger partial charge is 0.226 e. The molecule has 0 radical (unpaired) electrons. The highest BCUT2D eigenvalue weighted by molar-refractivity contribution is 6.31. The zero-order valence-corrected chi connectivity index (χ0v) is 11.8. The van der Waals surface area contributed by atoms with Gasteiger partial charge in [0, 0.05) is 5.41 Å². The fourth-order valence-electron chi connectivity index (χ4n) is 2.03. The Balaban J connectivity index is 3.06. The van der Waals surface area contributed by atoms with Crippen molar-refractivity contribution in [3.8, 4) is 0 Å². The summed E-state index contributed by atoms with van der Waals surface area (Å²) in [6.07, 6.45) is 0.941. The molecule has 1 heterocycles. The molecule has 1 rings (SSSR count). The van der Waals surface area contributed by atoms with Gasteiger partial charge in [0.1, 0.15) is 5.82 Å². The molecule has 3 nitrogen and oxygen atoms in total. The van der Waals surface area contributed by atoms with E-state index in [1.54, 1.807) is 0 Å². The van der Waals surface area contributed by atoms with Gasteiger partial charge in [0.05, 0.1) is 0 Å². The number of halogens is 2. The summed E-state index contributed by atoms with van der Waals surface area (Å²) < 4.78 is 0. The molecule has 0 atom stereocenters. The van der Waals surface area contributed by atoms with Gasteiger partial charge in [-0.2, -0.15) is 4.98 Å². The van der Waals surface area contributed by atoms with E-state index in [-0.39, 0.29) is 21.4 Å². The van der Waals surface area contributed by atoms with Crippen LogP contribution < -0.4 is 0 Å². The highest BCUT2D eigenvalue weighted by atomic mass is 35.5. The molecule has 0 fully saturated rings. The van der Waals surface area contributed by atoms with Gasteiger partial charge in [-0.15, -0.1) is 0 Å². The van der Waals surface area contributed by atoms with Crippen molar-refractivity contribution in [1.29, 1.82) is 0 Å². The molecule has 0 N–H and O–H groups in total. The lowest BCUT2D eigenvalue weighted by Gasteiger charge is -2.30. The lowest BCUT2D eigenvalue weighted by atomic mass is 9.76. The summed E-state index contributed by atoms with van der Waals surface area (Å²) in [5.74, 6) is 0.646. The maximum Gasteiger partial charge on any atom is 0.226 e. The van der Waals surface area contributed by atoms with Gasteiger partial charge in [-0.1, -0.05) is 34.6 Å². The van der Waals surface area contributed by atoms with Crippen LogP contribution >= 0.6 is 23.2 Å². The summed E-state index contributed by atoms with van der Waals surface area (Å²) >= 11 is 11.6. The normalized spacial score (nSPS) is 12.9. The van der Waals surface area contributed by atoms with Crippen LogP contribution in [0.4, 0.5) is 0 Å². The van der Waals surface area contributed by atoms with Crippen LogP contribution in [0.5, 0.6) is 0 Å². The van der Waals surface area contributed by atoms with Crippen molar-refractivity contribution in [2.75, 3.05) is 0 Å². The fraction of sp³-hybridized carbons (Fsp3) is 0.727. The van der Waals surface area contributed by atoms with E-state index in [4.69, 9.17) is 23.2 Å². The van der Waals surface area contributed by atoms with Gasteiger partial charge in [0.15, 0.2) is 0 Å². The van der Waals surface area contributed by atoms with Gasteiger partial charge in [0.25, 0.3) is 0 Å². The third-order valence-electron chi connectivity index (χ3n) is 2.16. The average Bonchev–Trinajstić information content (AvgIpc) is 1.96. The van der Waals surface area contributed by atoms with Crippen LogP contribution in [0.1, 0.15) is 46.9 Å². The summed E-state index contributed by atoms with van der Waals surface area (Å²) in [6.45, 7) is 10.7. The fourth-order valence-corrected chi connectivity index (χ4v) is 2.40. The van der Waals surface area contributed by atoms with E-state index in [2.05, 4.69) is 49.6 Å². The lowest BCUT2D eigenvalue weighted by Crippen LogP contribution is -2.27. The summed E-state index contributed by atoms with van der Waals surface area (Å²) in [6, 6.07) is 0. The molecule has 0 aliphatic rings. The molecule has 1 aromatic heterocycles. The molecule has 1 aromatic rings. The predicted octanol–water partition coefficient (Wildman–Crippen LogP) is 3.89. The zero-order valence-electron chi connectivity index (χ0n) is 10.3. The van der Waals surface area contributed by atoms with Crippen LogP contribution in [0.15, 0.2) is 0 Å². The Morgan fingerprint density at radius 1 is 0.875 bits per heavy atom. The molecule has 0 unspecified atom stereocenters. The maximum absolute atomic E-state index is 5.78. The second-order valence-electron chi connectivity index (χ2n) is 5.82. The first-order chi connectivity index (χ1) is 7.10. The monoisotopic (exact) mass is 261 g/mol. The number of nitrogens with zero attached hydrogens (tertiary/aromatic N) is 3. The molecule has 0 amide bonds. The Hall–Kier alpha value is -0.410. The highest BCUT2D eigenvalue weighted by Crippen LogP contribution is 2.34. The van der Waals surface area contributed by atoms with Gasteiger partial charge in [0.2, 0.25) is 10.6 Å². The summed E-state index contributed by atoms with van der Waals surface area (Å²) in [7, 11) is 0. The van der Waals surface area contributed by atoms with E-state index in [0.29, 0.717) is 5.82 Å². The average molecular weight is 262 g/mol. The van der Waals surface area contributed by atoms with Gasteiger partial charge in [-0.3, -0.25) is 0 Å². The van der Waals surface area contributed by atoms with Gasteiger partial charge < -0.3 is 0 Å². The van der Waals surface area contributed by atoms with Crippen molar-refractivity contribution in [1.82, 2.24) is 15.0 Å². The molecule has 0 aliphatic carbocycles. The standard InChI is InChI=1S/C11H17Cl2N3/c1-10(2,3)6-11(4,5)7-14-8(12)16-9(13)15-7/h6H2,1-5H3. The molecule has 0 saturated carbocycles. The second-order valence-corrected chi connectivity index (χ2v) is 6.49. The van der Waals surface area contributed by atoms with Gasteiger partial charge in [-0.05, 0) is 35.0 Å². The van der Waals surface area contributed by atoms with Crippen LogP contribution in [0.2, 0.25) is 10.6 Å². The molecule has 0 spiro atoms. The highest BCUT2D eigenvalue weighted by Gasteiger charge is 2.30. The first-order valence-electron chi connectivity index (χ1n) is 5.18. The minimum Gasteiger partial charge on any atom is -0.202 e. The summed E-state index contributed by atoms with van der Waals surface area (Å²) in [5.41, 5.74) is 0.0174. The Labute approximate surface area is 107 Å². The third kappa shape index (κ3) is 3.87. The van der Waals surface area contributed by atoms with Crippen LogP contribution in [-0.4, -0.2) is 15.0 Å². The minimum absolute atomic E-state index is 0.150. The molecular weight excluding hydrogens is 245 g/mol. The second kappa shape index (κ2) is 4.46. The zero-order chi connectivity index (χ0) is 12.6. The predicted molar refractivity (Wildman–Crippen MR) is 66.9 cm³/mol. The topological polar surface area (TPSA) is 38.7 Å². The lowest BCUT2D eigenvalue weighted by molar-refractivity contribution is 0.274. The van der Waals surface area contributed by atoms with Crippen molar-refractivity contribution < 1.29 is 0 Å². The molecule has 0 aromatic carbocycles. The maximum atomic E-state index is 5.78. The van der Waals surface area contributed by atoms with Crippen molar-refractivity contribution >= 4 is 23.2 Å². The summed E-state index contributed by atoms with van der Waals surface area (Å²) in [5, 5.41) is 0.300. The molecule has 90 valence electrons. The third-order valence-corrected chi connectivity index (χ3v) is 2.50. The van der Waals surface area contributed by atoms with Crippen LogP contribution in [-0.2, 0) is 5.41 Å². The molecule has 16 heavy (non-hydrogen) atoms. The number of hydrogen-bond donors (Lipinski definition) is 0. The van der Waals surface area contributed by atoms with Crippen molar-refractivity contribution in [3.63, 3.8) is 0 Å². The molecule has 5 heteroatoms. The van der Waals surface area contributed by atoms with E-state index in [0.717, 1.165) is 6.42 Å². The van der Waals surface area contributed by atoms with Crippen LogP contribution in [0, 0.1) is 5.41 Å². The quantitative estimate of drug-likeness (QED) is 0.811. The van der Waals surface area contributed by atoms with Crippen molar-refractivity contribution in [2.24, 2.45) is 5.41 Å². The minimum atomic E-state index is -0.172. The summed E-state index contributed by atoms with van der Waals surface area (Å²) in [4.78, 5) is 12.1. The number of hydrogen-bond acceptors (Lipinski definition) is 3. The van der Waals surface area contributed by atoms with E-state index < -0.39 is 0 Å². The van der Waals surface area contributed by atoms with Crippen molar-refractivity contribution in [2.45, 2.75) is 46.5 Å². The Morgan fingerprint density at radius 3 is 1.69 bits per heavy atom. The van der Waals surface area contributed by atoms with E-state index in [1.165, 1.54) is 0 Å². The Bertz CT molecular complexity index is 363.